The number of amides is 1. The molecule has 0 saturated carbocycles. The van der Waals surface area contributed by atoms with Crippen molar-refractivity contribution in [3.05, 3.63) is 59.7 Å². The van der Waals surface area contributed by atoms with E-state index in [1.807, 2.05) is 55.5 Å². The molecule has 2 rings (SSSR count). The van der Waals surface area contributed by atoms with Gasteiger partial charge in [-0.1, -0.05) is 30.3 Å². The summed E-state index contributed by atoms with van der Waals surface area (Å²) < 4.78 is 0. The molecule has 3 heteroatoms. The zero-order chi connectivity index (χ0) is 13.7. The number of nitrogens with one attached hydrogen (secondary N) is 1. The fourth-order valence-corrected chi connectivity index (χ4v) is 1.87. The minimum absolute atomic E-state index is 0.0334. The third kappa shape index (κ3) is 3.85. The van der Waals surface area contributed by atoms with E-state index in [0.717, 1.165) is 28.9 Å². The van der Waals surface area contributed by atoms with Crippen LogP contribution in [0.5, 0.6) is 0 Å². The van der Waals surface area contributed by atoms with Crippen molar-refractivity contribution in [1.82, 2.24) is 0 Å². The number of rotatable bonds is 4. The van der Waals surface area contributed by atoms with Gasteiger partial charge in [0.05, 0.1) is 0 Å². The molecule has 3 nitrogen and oxygen atoms in total. The molecule has 0 aliphatic carbocycles. The highest BCUT2D eigenvalue weighted by Gasteiger charge is 2.04. The van der Waals surface area contributed by atoms with Gasteiger partial charge in [0, 0.05) is 17.8 Å². The molecule has 0 bridgehead atoms. The van der Waals surface area contributed by atoms with E-state index in [9.17, 15) is 4.79 Å². The first-order valence-corrected chi connectivity index (χ1v) is 6.35. The molecule has 0 unspecified atom stereocenters. The highest BCUT2D eigenvalue weighted by atomic mass is 16.1. The van der Waals surface area contributed by atoms with Crippen LogP contribution in [0.1, 0.15) is 17.5 Å². The molecule has 0 spiro atoms. The Kier molecular flexibility index (Phi) is 4.18. The molecule has 2 aromatic carbocycles. The van der Waals surface area contributed by atoms with Crippen LogP contribution in [0.2, 0.25) is 0 Å². The van der Waals surface area contributed by atoms with E-state index in [1.165, 1.54) is 0 Å². The van der Waals surface area contributed by atoms with Crippen molar-refractivity contribution in [2.75, 3.05) is 11.1 Å². The number of benzene rings is 2. The molecule has 3 N–H and O–H groups in total. The van der Waals surface area contributed by atoms with Gasteiger partial charge in [0.15, 0.2) is 0 Å². The number of aryl methyl sites for hydroxylation is 2. The zero-order valence-corrected chi connectivity index (χ0v) is 11.0. The SMILES string of the molecule is Cc1ccccc1NC(=O)CCc1ccc(N)cc1. The average Bonchev–Trinajstić information content (AvgIpc) is 2.41. The maximum absolute atomic E-state index is 11.9. The monoisotopic (exact) mass is 254 g/mol. The summed E-state index contributed by atoms with van der Waals surface area (Å²) in [4.78, 5) is 11.9. The van der Waals surface area contributed by atoms with E-state index in [4.69, 9.17) is 5.73 Å². The molecular weight excluding hydrogens is 236 g/mol. The summed E-state index contributed by atoms with van der Waals surface area (Å²) >= 11 is 0. The van der Waals surface area contributed by atoms with Gasteiger partial charge in [0.1, 0.15) is 0 Å². The quantitative estimate of drug-likeness (QED) is 0.823. The summed E-state index contributed by atoms with van der Waals surface area (Å²) in [5, 5.41) is 2.93. The number of para-hydroxylation sites is 1. The first kappa shape index (κ1) is 13.1. The number of hydrogen-bond donors (Lipinski definition) is 2. The molecule has 0 fully saturated rings. The first-order chi connectivity index (χ1) is 9.15. The molecule has 0 aromatic heterocycles. The summed E-state index contributed by atoms with van der Waals surface area (Å²) in [6, 6.07) is 15.4. The van der Waals surface area contributed by atoms with Gasteiger partial charge in [-0.2, -0.15) is 0 Å². The van der Waals surface area contributed by atoms with Crippen LogP contribution in [0.4, 0.5) is 11.4 Å². The largest absolute Gasteiger partial charge is 0.399 e. The van der Waals surface area contributed by atoms with Crippen LogP contribution < -0.4 is 11.1 Å². The van der Waals surface area contributed by atoms with Crippen molar-refractivity contribution in [2.24, 2.45) is 0 Å². The Morgan fingerprint density at radius 1 is 1.11 bits per heavy atom. The normalized spacial score (nSPS) is 10.2. The molecule has 1 amide bonds. The molecule has 0 aliphatic heterocycles. The van der Waals surface area contributed by atoms with Gasteiger partial charge in [-0.25, -0.2) is 0 Å². The highest BCUT2D eigenvalue weighted by Crippen LogP contribution is 2.14. The van der Waals surface area contributed by atoms with Crippen LogP contribution in [0.25, 0.3) is 0 Å². The summed E-state index contributed by atoms with van der Waals surface area (Å²) in [5.41, 5.74) is 9.44. The van der Waals surface area contributed by atoms with Crippen LogP contribution in [0.15, 0.2) is 48.5 Å². The van der Waals surface area contributed by atoms with E-state index >= 15 is 0 Å². The topological polar surface area (TPSA) is 55.1 Å². The molecule has 0 aliphatic rings. The number of carbonyl (C=O) groups excluding carboxylic acids is 1. The van der Waals surface area contributed by atoms with E-state index < -0.39 is 0 Å². The van der Waals surface area contributed by atoms with Crippen molar-refractivity contribution >= 4 is 17.3 Å². The van der Waals surface area contributed by atoms with Crippen LogP contribution in [-0.2, 0) is 11.2 Å². The Morgan fingerprint density at radius 2 is 1.79 bits per heavy atom. The summed E-state index contributed by atoms with van der Waals surface area (Å²) in [7, 11) is 0. The number of carbonyl (C=O) groups is 1. The van der Waals surface area contributed by atoms with E-state index in [2.05, 4.69) is 5.32 Å². The Balaban J connectivity index is 1.88. The van der Waals surface area contributed by atoms with E-state index in [-0.39, 0.29) is 5.91 Å². The Labute approximate surface area is 113 Å². The van der Waals surface area contributed by atoms with Crippen LogP contribution >= 0.6 is 0 Å². The smallest absolute Gasteiger partial charge is 0.224 e. The summed E-state index contributed by atoms with van der Waals surface area (Å²) in [6.45, 7) is 1.98. The predicted octanol–water partition coefficient (Wildman–Crippen LogP) is 3.15. The lowest BCUT2D eigenvalue weighted by Crippen LogP contribution is -2.13. The maximum atomic E-state index is 11.9. The standard InChI is InChI=1S/C16H18N2O/c1-12-4-2-3-5-15(12)18-16(19)11-8-13-6-9-14(17)10-7-13/h2-7,9-10H,8,11,17H2,1H3,(H,18,19). The second-order valence-electron chi connectivity index (χ2n) is 4.60. The number of hydrogen-bond acceptors (Lipinski definition) is 2. The van der Waals surface area contributed by atoms with Crippen molar-refractivity contribution in [1.29, 1.82) is 0 Å². The molecule has 2 aromatic rings. The third-order valence-electron chi connectivity index (χ3n) is 3.04. The fourth-order valence-electron chi connectivity index (χ4n) is 1.87. The molecule has 98 valence electrons. The van der Waals surface area contributed by atoms with Crippen molar-refractivity contribution in [3.63, 3.8) is 0 Å². The second-order valence-corrected chi connectivity index (χ2v) is 4.60. The van der Waals surface area contributed by atoms with Gasteiger partial charge in [0.2, 0.25) is 5.91 Å². The molecule has 19 heavy (non-hydrogen) atoms. The van der Waals surface area contributed by atoms with Gasteiger partial charge < -0.3 is 11.1 Å². The lowest BCUT2D eigenvalue weighted by molar-refractivity contribution is -0.116. The average molecular weight is 254 g/mol. The Hall–Kier alpha value is -2.29. The molecule has 0 saturated heterocycles. The number of nitrogens with two attached hydrogens (primary N) is 1. The maximum Gasteiger partial charge on any atom is 0.224 e. The molecule has 0 heterocycles. The number of nitrogen functional groups attached to an aromatic ring is 1. The van der Waals surface area contributed by atoms with Crippen LogP contribution in [0.3, 0.4) is 0 Å². The second kappa shape index (κ2) is 6.05. The Bertz CT molecular complexity index is 561. The van der Waals surface area contributed by atoms with Gasteiger partial charge in [0.25, 0.3) is 0 Å². The lowest BCUT2D eigenvalue weighted by Gasteiger charge is -2.08. The summed E-state index contributed by atoms with van der Waals surface area (Å²) in [6.07, 6.45) is 1.19. The van der Waals surface area contributed by atoms with E-state index in [0.29, 0.717) is 6.42 Å². The van der Waals surface area contributed by atoms with E-state index in [1.54, 1.807) is 0 Å². The van der Waals surface area contributed by atoms with Gasteiger partial charge in [-0.15, -0.1) is 0 Å². The van der Waals surface area contributed by atoms with Crippen LogP contribution in [0, 0.1) is 6.92 Å². The fraction of sp³-hybridized carbons (Fsp3) is 0.188. The third-order valence-corrected chi connectivity index (χ3v) is 3.04. The predicted molar refractivity (Wildman–Crippen MR) is 79.0 cm³/mol. The van der Waals surface area contributed by atoms with Gasteiger partial charge >= 0.3 is 0 Å². The van der Waals surface area contributed by atoms with Crippen LogP contribution in [-0.4, -0.2) is 5.91 Å². The van der Waals surface area contributed by atoms with Gasteiger partial charge in [-0.05, 0) is 42.7 Å². The van der Waals surface area contributed by atoms with Crippen molar-refractivity contribution in [3.8, 4) is 0 Å². The molecule has 0 radical (unpaired) electrons. The van der Waals surface area contributed by atoms with Gasteiger partial charge in [-0.3, -0.25) is 4.79 Å². The minimum atomic E-state index is 0.0334. The summed E-state index contributed by atoms with van der Waals surface area (Å²) in [5.74, 6) is 0.0334. The minimum Gasteiger partial charge on any atom is -0.399 e. The number of anilines is 2. The van der Waals surface area contributed by atoms with Crippen molar-refractivity contribution in [2.45, 2.75) is 19.8 Å². The molecule has 0 atom stereocenters. The lowest BCUT2D eigenvalue weighted by atomic mass is 10.1. The first-order valence-electron chi connectivity index (χ1n) is 6.35. The van der Waals surface area contributed by atoms with Crippen molar-refractivity contribution < 1.29 is 4.79 Å². The Morgan fingerprint density at radius 3 is 2.47 bits per heavy atom. The molecular formula is C16H18N2O. The highest BCUT2D eigenvalue weighted by molar-refractivity contribution is 5.91. The zero-order valence-electron chi connectivity index (χ0n) is 11.0.